The van der Waals surface area contributed by atoms with Gasteiger partial charge in [0.1, 0.15) is 11.4 Å². The molecular formula is C14H14N4O. The van der Waals surface area contributed by atoms with Crippen LogP contribution in [0.3, 0.4) is 0 Å². The second kappa shape index (κ2) is 4.37. The van der Waals surface area contributed by atoms with Crippen LogP contribution in [0, 0.1) is 6.92 Å². The number of hydrogen-bond acceptors (Lipinski definition) is 4. The minimum absolute atomic E-state index is 0.238. The van der Waals surface area contributed by atoms with E-state index in [9.17, 15) is 5.11 Å². The molecule has 0 spiro atoms. The van der Waals surface area contributed by atoms with E-state index in [-0.39, 0.29) is 5.75 Å². The van der Waals surface area contributed by atoms with Gasteiger partial charge < -0.3 is 15.8 Å². The summed E-state index contributed by atoms with van der Waals surface area (Å²) in [6, 6.07) is 7.19. The third kappa shape index (κ3) is 1.94. The van der Waals surface area contributed by atoms with Crippen molar-refractivity contribution in [3.8, 4) is 17.1 Å². The topological polar surface area (TPSA) is 87.8 Å². The Kier molecular flexibility index (Phi) is 2.68. The maximum Gasteiger partial charge on any atom is 0.117 e. The first-order valence-electron chi connectivity index (χ1n) is 6.02. The summed E-state index contributed by atoms with van der Waals surface area (Å²) in [5.41, 5.74) is 10.2. The predicted octanol–water partition coefficient (Wildman–Crippen LogP) is 2.10. The van der Waals surface area contributed by atoms with Gasteiger partial charge in [-0.3, -0.25) is 0 Å². The minimum atomic E-state index is 0.238. The Hall–Kier alpha value is -2.40. The molecule has 0 aliphatic heterocycles. The highest BCUT2D eigenvalue weighted by Crippen LogP contribution is 2.30. The largest absolute Gasteiger partial charge is 0.508 e. The van der Waals surface area contributed by atoms with E-state index in [1.807, 2.05) is 19.1 Å². The van der Waals surface area contributed by atoms with Crippen LogP contribution < -0.4 is 5.73 Å². The van der Waals surface area contributed by atoms with E-state index in [4.69, 9.17) is 5.73 Å². The van der Waals surface area contributed by atoms with Crippen molar-refractivity contribution in [1.82, 2.24) is 15.2 Å². The third-order valence-corrected chi connectivity index (χ3v) is 3.24. The molecular weight excluding hydrogens is 240 g/mol. The molecule has 2 heterocycles. The molecule has 1 aromatic carbocycles. The highest BCUT2D eigenvalue weighted by molar-refractivity contribution is 5.90. The number of fused-ring (bicyclic) bond motifs is 1. The summed E-state index contributed by atoms with van der Waals surface area (Å²) < 4.78 is 0. The number of rotatable bonds is 2. The van der Waals surface area contributed by atoms with Crippen LogP contribution >= 0.6 is 0 Å². The van der Waals surface area contributed by atoms with Gasteiger partial charge in [0.05, 0.1) is 11.9 Å². The maximum atomic E-state index is 9.52. The zero-order chi connectivity index (χ0) is 13.4. The molecule has 4 N–H and O–H groups in total. The van der Waals surface area contributed by atoms with Gasteiger partial charge in [-0.2, -0.15) is 5.10 Å². The van der Waals surface area contributed by atoms with Crippen molar-refractivity contribution in [1.29, 1.82) is 0 Å². The summed E-state index contributed by atoms with van der Waals surface area (Å²) in [6.07, 6.45) is 1.66. The highest BCUT2D eigenvalue weighted by atomic mass is 16.3. The Morgan fingerprint density at radius 2 is 2.16 bits per heavy atom. The molecule has 5 heteroatoms. The number of benzene rings is 1. The molecule has 19 heavy (non-hydrogen) atoms. The van der Waals surface area contributed by atoms with E-state index in [0.717, 1.165) is 33.4 Å². The zero-order valence-corrected chi connectivity index (χ0v) is 10.5. The van der Waals surface area contributed by atoms with Crippen molar-refractivity contribution < 1.29 is 5.11 Å². The third-order valence-electron chi connectivity index (χ3n) is 3.24. The summed E-state index contributed by atoms with van der Waals surface area (Å²) in [5, 5.41) is 18.7. The summed E-state index contributed by atoms with van der Waals surface area (Å²) in [6.45, 7) is 2.45. The van der Waals surface area contributed by atoms with Crippen LogP contribution in [0.2, 0.25) is 0 Å². The van der Waals surface area contributed by atoms with Crippen molar-refractivity contribution in [2.75, 3.05) is 0 Å². The van der Waals surface area contributed by atoms with Crippen LogP contribution in [0.5, 0.6) is 5.75 Å². The normalized spacial score (nSPS) is 11.1. The Bertz CT molecular complexity index is 748. The van der Waals surface area contributed by atoms with Crippen LogP contribution in [0.1, 0.15) is 11.1 Å². The molecule has 3 aromatic rings. The lowest BCUT2D eigenvalue weighted by molar-refractivity contribution is 0.476. The van der Waals surface area contributed by atoms with Crippen molar-refractivity contribution in [3.05, 3.63) is 41.6 Å². The summed E-state index contributed by atoms with van der Waals surface area (Å²) in [7, 11) is 0. The SMILES string of the molecule is Cc1c(-c2cc(CN)cnn2)[nH]c2cc(O)ccc12. The average molecular weight is 254 g/mol. The minimum Gasteiger partial charge on any atom is -0.508 e. The lowest BCUT2D eigenvalue weighted by Gasteiger charge is -2.01. The summed E-state index contributed by atoms with van der Waals surface area (Å²) in [4.78, 5) is 3.27. The Labute approximate surface area is 110 Å². The monoisotopic (exact) mass is 254 g/mol. The van der Waals surface area contributed by atoms with Gasteiger partial charge in [0.15, 0.2) is 0 Å². The lowest BCUT2D eigenvalue weighted by Crippen LogP contribution is -1.99. The summed E-state index contributed by atoms with van der Waals surface area (Å²) >= 11 is 0. The number of nitrogens with two attached hydrogens (primary N) is 1. The maximum absolute atomic E-state index is 9.52. The number of nitrogens with one attached hydrogen (secondary N) is 1. The number of nitrogens with zero attached hydrogens (tertiary/aromatic N) is 2. The number of phenols is 1. The van der Waals surface area contributed by atoms with Gasteiger partial charge in [-0.25, -0.2) is 0 Å². The van der Waals surface area contributed by atoms with Crippen LogP contribution in [0.25, 0.3) is 22.3 Å². The van der Waals surface area contributed by atoms with Gasteiger partial charge in [-0.1, -0.05) is 0 Å². The van der Waals surface area contributed by atoms with E-state index >= 15 is 0 Å². The van der Waals surface area contributed by atoms with E-state index in [2.05, 4.69) is 15.2 Å². The summed E-state index contributed by atoms with van der Waals surface area (Å²) in [5.74, 6) is 0.238. The second-order valence-electron chi connectivity index (χ2n) is 4.51. The van der Waals surface area contributed by atoms with Gasteiger partial charge in [0.2, 0.25) is 0 Å². The zero-order valence-electron chi connectivity index (χ0n) is 10.5. The van der Waals surface area contributed by atoms with Crippen molar-refractivity contribution >= 4 is 10.9 Å². The molecule has 96 valence electrons. The van der Waals surface area contributed by atoms with E-state index in [1.54, 1.807) is 18.3 Å². The molecule has 0 saturated heterocycles. The Balaban J connectivity index is 2.21. The molecule has 0 atom stereocenters. The van der Waals surface area contributed by atoms with Gasteiger partial charge in [-0.05, 0) is 36.2 Å². The standard InChI is InChI=1S/C14H14N4O/c1-8-11-3-2-10(19)5-12(11)17-14(8)13-4-9(6-15)7-16-18-13/h2-5,7,17,19H,6,15H2,1H3. The fourth-order valence-corrected chi connectivity index (χ4v) is 2.22. The van der Waals surface area contributed by atoms with Gasteiger partial charge in [0, 0.05) is 23.5 Å². The molecule has 0 fully saturated rings. The first-order valence-corrected chi connectivity index (χ1v) is 6.02. The fraction of sp³-hybridized carbons (Fsp3) is 0.143. The number of aromatic amines is 1. The fourth-order valence-electron chi connectivity index (χ4n) is 2.22. The Morgan fingerprint density at radius 1 is 1.32 bits per heavy atom. The van der Waals surface area contributed by atoms with Crippen molar-refractivity contribution in [2.24, 2.45) is 5.73 Å². The van der Waals surface area contributed by atoms with Crippen molar-refractivity contribution in [2.45, 2.75) is 13.5 Å². The lowest BCUT2D eigenvalue weighted by atomic mass is 10.1. The molecule has 0 saturated carbocycles. The first-order chi connectivity index (χ1) is 9.19. The molecule has 0 bridgehead atoms. The van der Waals surface area contributed by atoms with Gasteiger partial charge >= 0.3 is 0 Å². The van der Waals surface area contributed by atoms with Crippen LogP contribution in [-0.4, -0.2) is 20.3 Å². The number of phenolic OH excluding ortho intramolecular Hbond substituents is 1. The predicted molar refractivity (Wildman–Crippen MR) is 73.6 cm³/mol. The van der Waals surface area contributed by atoms with Crippen LogP contribution in [0.4, 0.5) is 0 Å². The highest BCUT2D eigenvalue weighted by Gasteiger charge is 2.11. The van der Waals surface area contributed by atoms with E-state index < -0.39 is 0 Å². The van der Waals surface area contributed by atoms with Crippen LogP contribution in [-0.2, 0) is 6.54 Å². The average Bonchev–Trinajstić information content (AvgIpc) is 2.75. The first kappa shape index (κ1) is 11.7. The number of H-pyrrole nitrogens is 1. The van der Waals surface area contributed by atoms with E-state index in [1.165, 1.54) is 0 Å². The Morgan fingerprint density at radius 3 is 2.95 bits per heavy atom. The molecule has 0 aliphatic carbocycles. The van der Waals surface area contributed by atoms with E-state index in [0.29, 0.717) is 6.54 Å². The number of aromatic hydroxyl groups is 1. The number of hydrogen-bond donors (Lipinski definition) is 3. The van der Waals surface area contributed by atoms with Crippen molar-refractivity contribution in [3.63, 3.8) is 0 Å². The molecule has 3 rings (SSSR count). The van der Waals surface area contributed by atoms with Gasteiger partial charge in [0.25, 0.3) is 0 Å². The molecule has 0 unspecified atom stereocenters. The smallest absolute Gasteiger partial charge is 0.117 e. The molecule has 2 aromatic heterocycles. The quantitative estimate of drug-likeness (QED) is 0.653. The molecule has 0 aliphatic rings. The molecule has 0 radical (unpaired) electrons. The molecule has 5 nitrogen and oxygen atoms in total. The molecule has 0 amide bonds. The number of aryl methyl sites for hydroxylation is 1. The number of aromatic nitrogens is 3. The second-order valence-corrected chi connectivity index (χ2v) is 4.51. The van der Waals surface area contributed by atoms with Gasteiger partial charge in [-0.15, -0.1) is 5.10 Å². The van der Waals surface area contributed by atoms with Crippen LogP contribution in [0.15, 0.2) is 30.5 Å².